The third-order valence-electron chi connectivity index (χ3n) is 7.07. The summed E-state index contributed by atoms with van der Waals surface area (Å²) in [4.78, 5) is 21.8. The minimum Gasteiger partial charge on any atom is -0.258 e. The smallest absolute Gasteiger partial charge is 0.258 e. The number of nitro benzene ring substituents is 2. The number of rotatable bonds is 4. The van der Waals surface area contributed by atoms with Crippen molar-refractivity contribution in [1.82, 2.24) is 19.8 Å². The molecule has 3 aromatic rings. The second-order valence-corrected chi connectivity index (χ2v) is 10.0. The van der Waals surface area contributed by atoms with Gasteiger partial charge in [0.15, 0.2) is 5.82 Å². The molecule has 2 aromatic heterocycles. The first kappa shape index (κ1) is 17.9. The first-order valence-corrected chi connectivity index (χ1v) is 10.9. The number of hydrogen-bond acceptors (Lipinski definition) is 8. The van der Waals surface area contributed by atoms with Crippen molar-refractivity contribution in [3.63, 3.8) is 0 Å². The molecule has 10 nitrogen and oxygen atoms in total. The lowest BCUT2D eigenvalue weighted by atomic mass is 9.49. The minimum atomic E-state index is -0.627. The van der Waals surface area contributed by atoms with Crippen LogP contribution < -0.4 is 0 Å². The van der Waals surface area contributed by atoms with Crippen molar-refractivity contribution in [2.24, 2.45) is 17.8 Å². The number of nitro groups is 2. The van der Waals surface area contributed by atoms with Crippen molar-refractivity contribution < 1.29 is 9.85 Å². The van der Waals surface area contributed by atoms with Crippen LogP contribution in [0.5, 0.6) is 0 Å². The number of nitrogens with zero attached hydrogens (tertiary/aromatic N) is 6. The maximum absolute atomic E-state index is 11.2. The zero-order chi connectivity index (χ0) is 20.6. The van der Waals surface area contributed by atoms with E-state index < -0.39 is 9.85 Å². The van der Waals surface area contributed by atoms with Gasteiger partial charge in [0, 0.05) is 23.1 Å². The highest BCUT2D eigenvalue weighted by molar-refractivity contribution is 7.19. The van der Waals surface area contributed by atoms with E-state index in [0.717, 1.165) is 48.9 Å². The SMILES string of the molecule is O=[N+]([O-])c1cc(-c2nn3c(C45CC6CC(CC(C6)C4)C5)nnc3s2)cc([N+](=O)[O-])c1. The van der Waals surface area contributed by atoms with Crippen LogP contribution >= 0.6 is 11.3 Å². The van der Waals surface area contributed by atoms with Crippen molar-refractivity contribution in [2.45, 2.75) is 43.9 Å². The summed E-state index contributed by atoms with van der Waals surface area (Å²) in [6.07, 6.45) is 7.32. The van der Waals surface area contributed by atoms with Crippen LogP contribution in [0.15, 0.2) is 18.2 Å². The van der Waals surface area contributed by atoms with Gasteiger partial charge in [0.2, 0.25) is 4.96 Å². The van der Waals surface area contributed by atoms with E-state index in [9.17, 15) is 20.2 Å². The van der Waals surface area contributed by atoms with Crippen LogP contribution in [-0.2, 0) is 5.41 Å². The van der Waals surface area contributed by atoms with Gasteiger partial charge in [0.25, 0.3) is 11.4 Å². The Morgan fingerprint density at radius 3 is 2.03 bits per heavy atom. The van der Waals surface area contributed by atoms with Gasteiger partial charge in [0.1, 0.15) is 5.01 Å². The number of non-ortho nitro benzene ring substituents is 2. The van der Waals surface area contributed by atoms with Gasteiger partial charge in [-0.1, -0.05) is 11.3 Å². The number of fused-ring (bicyclic) bond motifs is 1. The van der Waals surface area contributed by atoms with E-state index in [-0.39, 0.29) is 16.8 Å². The van der Waals surface area contributed by atoms with E-state index >= 15 is 0 Å². The van der Waals surface area contributed by atoms with Gasteiger partial charge < -0.3 is 0 Å². The monoisotopic (exact) mass is 426 g/mol. The van der Waals surface area contributed by atoms with Crippen LogP contribution in [0.4, 0.5) is 11.4 Å². The molecule has 7 rings (SSSR count). The quantitative estimate of drug-likeness (QED) is 0.453. The van der Waals surface area contributed by atoms with Crippen molar-refractivity contribution in [2.75, 3.05) is 0 Å². The summed E-state index contributed by atoms with van der Waals surface area (Å²) in [5, 5.41) is 36.5. The Bertz CT molecular complexity index is 1150. The standard InChI is InChI=1S/C19H18N6O4S/c26-24(27)14-4-13(5-15(6-14)25(28)29)16-22-23-17(20-21-18(23)30-16)19-7-10-1-11(8-19)3-12(2-10)9-19/h4-6,10-12H,1-3,7-9H2. The highest BCUT2D eigenvalue weighted by Crippen LogP contribution is 2.60. The molecule has 154 valence electrons. The van der Waals surface area contributed by atoms with Crippen LogP contribution in [0, 0.1) is 38.0 Å². The lowest BCUT2D eigenvalue weighted by molar-refractivity contribution is -0.394. The summed E-state index contributed by atoms with van der Waals surface area (Å²) in [5.41, 5.74) is -0.297. The molecule has 0 N–H and O–H groups in total. The van der Waals surface area contributed by atoms with Gasteiger partial charge in [-0.15, -0.1) is 10.2 Å². The average molecular weight is 426 g/mol. The first-order valence-electron chi connectivity index (χ1n) is 10.1. The molecule has 0 spiro atoms. The topological polar surface area (TPSA) is 129 Å². The molecule has 11 heteroatoms. The summed E-state index contributed by atoms with van der Waals surface area (Å²) in [6.45, 7) is 0. The minimum absolute atomic E-state index is 0.00813. The van der Waals surface area contributed by atoms with E-state index in [1.54, 1.807) is 4.52 Å². The predicted octanol–water partition coefficient (Wildman–Crippen LogP) is 4.14. The number of hydrogen-bond donors (Lipinski definition) is 0. The highest BCUT2D eigenvalue weighted by atomic mass is 32.1. The molecule has 4 saturated carbocycles. The second kappa shape index (κ2) is 6.03. The summed E-state index contributed by atoms with van der Waals surface area (Å²) < 4.78 is 1.78. The van der Waals surface area contributed by atoms with Gasteiger partial charge >= 0.3 is 0 Å². The molecule has 1 aromatic carbocycles. The van der Waals surface area contributed by atoms with Crippen LogP contribution in [0.25, 0.3) is 15.5 Å². The van der Waals surface area contributed by atoms with Gasteiger partial charge in [-0.2, -0.15) is 9.61 Å². The highest BCUT2D eigenvalue weighted by Gasteiger charge is 2.54. The summed E-state index contributed by atoms with van der Waals surface area (Å²) in [7, 11) is 0. The van der Waals surface area contributed by atoms with Gasteiger partial charge in [-0.05, 0) is 56.3 Å². The second-order valence-electron chi connectivity index (χ2n) is 9.08. The Hall–Kier alpha value is -2.95. The molecule has 0 aliphatic heterocycles. The largest absolute Gasteiger partial charge is 0.277 e. The Kier molecular flexibility index (Phi) is 3.59. The Morgan fingerprint density at radius 1 is 0.933 bits per heavy atom. The van der Waals surface area contributed by atoms with E-state index in [1.165, 1.54) is 42.7 Å². The molecule has 0 radical (unpaired) electrons. The molecule has 30 heavy (non-hydrogen) atoms. The van der Waals surface area contributed by atoms with Crippen LogP contribution in [0.1, 0.15) is 44.3 Å². The lowest BCUT2D eigenvalue weighted by Crippen LogP contribution is -2.49. The molecule has 4 aliphatic carbocycles. The van der Waals surface area contributed by atoms with E-state index in [2.05, 4.69) is 15.3 Å². The van der Waals surface area contributed by atoms with E-state index in [0.29, 0.717) is 15.5 Å². The molecule has 0 amide bonds. The van der Waals surface area contributed by atoms with E-state index in [4.69, 9.17) is 0 Å². The van der Waals surface area contributed by atoms with Gasteiger partial charge in [-0.25, -0.2) is 0 Å². The van der Waals surface area contributed by atoms with Crippen molar-refractivity contribution in [3.05, 3.63) is 44.3 Å². The van der Waals surface area contributed by atoms with E-state index in [1.807, 2.05) is 0 Å². The maximum Gasteiger partial charge on any atom is 0.277 e. The Morgan fingerprint density at radius 2 is 1.50 bits per heavy atom. The third kappa shape index (κ3) is 2.57. The van der Waals surface area contributed by atoms with Crippen LogP contribution in [0.3, 0.4) is 0 Å². The molecule has 0 unspecified atom stereocenters. The molecule has 0 atom stereocenters. The third-order valence-corrected chi connectivity index (χ3v) is 8.02. The molecule has 2 heterocycles. The molecule has 0 saturated heterocycles. The predicted molar refractivity (Wildman–Crippen MR) is 107 cm³/mol. The Labute approximate surface area is 174 Å². The molecule has 4 fully saturated rings. The van der Waals surface area contributed by atoms with Crippen molar-refractivity contribution in [3.8, 4) is 10.6 Å². The van der Waals surface area contributed by atoms with Gasteiger partial charge in [0.05, 0.1) is 15.9 Å². The van der Waals surface area contributed by atoms with Gasteiger partial charge in [-0.3, -0.25) is 20.2 Å². The average Bonchev–Trinajstić information content (AvgIpc) is 3.27. The van der Waals surface area contributed by atoms with Crippen LogP contribution in [-0.4, -0.2) is 29.7 Å². The molecular formula is C19H18N6O4S. The number of benzene rings is 1. The normalized spacial score (nSPS) is 29.5. The summed E-state index contributed by atoms with van der Waals surface area (Å²) in [5.74, 6) is 3.14. The molecule has 4 aliphatic rings. The van der Waals surface area contributed by atoms with Crippen LogP contribution in [0.2, 0.25) is 0 Å². The maximum atomic E-state index is 11.2. The molecular weight excluding hydrogens is 408 g/mol. The fourth-order valence-electron chi connectivity index (χ4n) is 6.38. The Balaban J connectivity index is 1.45. The molecule has 4 bridgehead atoms. The number of aromatic nitrogens is 4. The first-order chi connectivity index (χ1) is 14.4. The zero-order valence-electron chi connectivity index (χ0n) is 15.9. The lowest BCUT2D eigenvalue weighted by Gasteiger charge is -2.55. The fraction of sp³-hybridized carbons (Fsp3) is 0.526. The summed E-state index contributed by atoms with van der Waals surface area (Å²) in [6, 6.07) is 3.61. The summed E-state index contributed by atoms with van der Waals surface area (Å²) >= 11 is 1.25. The van der Waals surface area contributed by atoms with Crippen molar-refractivity contribution in [1.29, 1.82) is 0 Å². The van der Waals surface area contributed by atoms with Crippen molar-refractivity contribution >= 4 is 27.7 Å². The fourth-order valence-corrected chi connectivity index (χ4v) is 7.20. The zero-order valence-corrected chi connectivity index (χ0v) is 16.7.